The van der Waals surface area contributed by atoms with Crippen LogP contribution >= 0.6 is 0 Å². The zero-order chi connectivity index (χ0) is 31.0. The van der Waals surface area contributed by atoms with Crippen LogP contribution in [-0.2, 0) is 26.1 Å². The number of nitrogens with zero attached hydrogens (tertiary/aromatic N) is 4. The van der Waals surface area contributed by atoms with Crippen LogP contribution in [0.1, 0.15) is 86.4 Å². The van der Waals surface area contributed by atoms with Crippen molar-refractivity contribution in [1.29, 1.82) is 0 Å². The molecule has 10 nitrogen and oxygen atoms in total. The first-order chi connectivity index (χ1) is 19.6. The van der Waals surface area contributed by atoms with Crippen molar-refractivity contribution < 1.29 is 19.1 Å². The number of anilines is 1. The molecule has 1 N–H and O–H groups in total. The number of carbonyl (C=O) groups is 2. The number of pyridine rings is 1. The normalized spacial score (nSPS) is 26.8. The number of aromatic amines is 1. The van der Waals surface area contributed by atoms with Gasteiger partial charge in [0.25, 0.3) is 5.56 Å². The molecule has 4 heterocycles. The molecule has 2 amide bonds. The van der Waals surface area contributed by atoms with E-state index >= 15 is 0 Å². The van der Waals surface area contributed by atoms with Gasteiger partial charge in [-0.2, -0.15) is 0 Å². The van der Waals surface area contributed by atoms with Crippen LogP contribution < -0.4 is 10.5 Å². The molecular formula is C32H53N5O5. The fourth-order valence-corrected chi connectivity index (χ4v) is 6.57. The molecule has 0 saturated carbocycles. The van der Waals surface area contributed by atoms with Crippen LogP contribution in [0.2, 0.25) is 0 Å². The zero-order valence-electron chi connectivity index (χ0n) is 27.3. The van der Waals surface area contributed by atoms with E-state index in [0.29, 0.717) is 39.3 Å². The molecule has 1 aromatic rings. The molecule has 4 rings (SSSR count). The molecule has 3 aliphatic rings. The van der Waals surface area contributed by atoms with Crippen LogP contribution in [0.3, 0.4) is 0 Å². The van der Waals surface area contributed by atoms with E-state index in [1.165, 1.54) is 0 Å². The maximum absolute atomic E-state index is 14.1. The third-order valence-electron chi connectivity index (χ3n) is 8.91. The highest BCUT2D eigenvalue weighted by molar-refractivity contribution is 5.97. The predicted molar refractivity (Wildman–Crippen MR) is 165 cm³/mol. The number of carbonyl (C=O) groups excluding carboxylic acids is 2. The van der Waals surface area contributed by atoms with E-state index in [2.05, 4.69) is 49.4 Å². The molecule has 0 unspecified atom stereocenters. The van der Waals surface area contributed by atoms with Crippen LogP contribution in [0.15, 0.2) is 10.9 Å². The molecular weight excluding hydrogens is 534 g/mol. The molecule has 0 bridgehead atoms. The minimum atomic E-state index is -0.584. The van der Waals surface area contributed by atoms with E-state index < -0.39 is 5.60 Å². The topological polar surface area (TPSA) is 98.4 Å². The summed E-state index contributed by atoms with van der Waals surface area (Å²) in [4.78, 5) is 51.7. The first kappa shape index (κ1) is 32.5. The highest BCUT2D eigenvalue weighted by Gasteiger charge is 2.43. The maximum Gasteiger partial charge on any atom is 0.410 e. The van der Waals surface area contributed by atoms with Crippen molar-refractivity contribution in [3.63, 3.8) is 0 Å². The number of aromatic nitrogens is 1. The van der Waals surface area contributed by atoms with Gasteiger partial charge in [0.15, 0.2) is 0 Å². The van der Waals surface area contributed by atoms with Crippen molar-refractivity contribution >= 4 is 17.7 Å². The lowest BCUT2D eigenvalue weighted by Crippen LogP contribution is -2.65. The highest BCUT2D eigenvalue weighted by Crippen LogP contribution is 2.39. The molecule has 2 fully saturated rings. The van der Waals surface area contributed by atoms with E-state index in [9.17, 15) is 14.4 Å². The molecule has 1 aromatic heterocycles. The highest BCUT2D eigenvalue weighted by atomic mass is 16.6. The summed E-state index contributed by atoms with van der Waals surface area (Å²) in [6.45, 7) is 22.1. The number of piperazine rings is 1. The van der Waals surface area contributed by atoms with Crippen molar-refractivity contribution in [2.45, 2.75) is 117 Å². The summed E-state index contributed by atoms with van der Waals surface area (Å²) in [7, 11) is 0. The van der Waals surface area contributed by atoms with Crippen LogP contribution in [0.4, 0.5) is 10.5 Å². The standard InChI is InChI=1S/C32H53N5O5/c1-10-11-12-24-13-26-28(33-29(24)39)32(8,9)20-37(26)27(38)17-34-14-21(2)36(30(40)42-31(5,6)7)16-25(34)15-35-22(3)18-41-19-23(35)4/h13,21-23,25H,10-12,14-20H2,1-9H3,(H,33,39)/t21-,22-,23-,25+/m1/s1. The quantitative estimate of drug-likeness (QED) is 0.519. The fraction of sp³-hybridized carbons (Fsp3) is 0.781. The van der Waals surface area contributed by atoms with Gasteiger partial charge in [-0.05, 0) is 60.5 Å². The first-order valence-electron chi connectivity index (χ1n) is 15.8. The lowest BCUT2D eigenvalue weighted by molar-refractivity contribution is -0.122. The van der Waals surface area contributed by atoms with Gasteiger partial charge in [0.2, 0.25) is 5.91 Å². The molecule has 2 saturated heterocycles. The minimum absolute atomic E-state index is 0.0151. The van der Waals surface area contributed by atoms with Crippen molar-refractivity contribution in [1.82, 2.24) is 19.7 Å². The average molecular weight is 588 g/mol. The Morgan fingerprint density at radius 1 is 1.10 bits per heavy atom. The number of hydrogen-bond acceptors (Lipinski definition) is 7. The number of fused-ring (bicyclic) bond motifs is 1. The molecule has 236 valence electrons. The number of H-pyrrole nitrogens is 1. The van der Waals surface area contributed by atoms with E-state index in [1.54, 1.807) is 0 Å². The van der Waals surface area contributed by atoms with Crippen LogP contribution in [-0.4, -0.2) is 107 Å². The van der Waals surface area contributed by atoms with E-state index in [0.717, 1.165) is 36.3 Å². The maximum atomic E-state index is 14.1. The Hall–Kier alpha value is -2.43. The monoisotopic (exact) mass is 587 g/mol. The molecule has 10 heteroatoms. The largest absolute Gasteiger partial charge is 0.444 e. The Bertz CT molecular complexity index is 1180. The van der Waals surface area contributed by atoms with Crippen LogP contribution in [0.5, 0.6) is 0 Å². The van der Waals surface area contributed by atoms with Gasteiger partial charge in [-0.3, -0.25) is 19.4 Å². The predicted octanol–water partition coefficient (Wildman–Crippen LogP) is 3.76. The number of unbranched alkanes of at least 4 members (excludes halogenated alkanes) is 1. The smallest absolute Gasteiger partial charge is 0.410 e. The Kier molecular flexibility index (Phi) is 9.79. The van der Waals surface area contributed by atoms with Gasteiger partial charge < -0.3 is 24.3 Å². The lowest BCUT2D eigenvalue weighted by atomic mass is 9.91. The number of nitrogens with one attached hydrogen (secondary N) is 1. The minimum Gasteiger partial charge on any atom is -0.444 e. The number of amides is 2. The van der Waals surface area contributed by atoms with Crippen molar-refractivity contribution in [2.24, 2.45) is 0 Å². The van der Waals surface area contributed by atoms with Crippen molar-refractivity contribution in [3.05, 3.63) is 27.7 Å². The lowest BCUT2D eigenvalue weighted by Gasteiger charge is -2.48. The van der Waals surface area contributed by atoms with Gasteiger partial charge in [-0.1, -0.05) is 27.2 Å². The second-order valence-electron chi connectivity index (χ2n) is 14.3. The third kappa shape index (κ3) is 7.19. The molecule has 0 radical (unpaired) electrons. The Balaban J connectivity index is 1.59. The van der Waals surface area contributed by atoms with Crippen molar-refractivity contribution in [2.75, 3.05) is 50.8 Å². The van der Waals surface area contributed by atoms with Gasteiger partial charge in [0.1, 0.15) is 5.60 Å². The number of hydrogen-bond donors (Lipinski definition) is 1. The summed E-state index contributed by atoms with van der Waals surface area (Å²) in [5.41, 5.74) is 1.40. The molecule has 0 aromatic carbocycles. The summed E-state index contributed by atoms with van der Waals surface area (Å²) in [6, 6.07) is 2.26. The Morgan fingerprint density at radius 2 is 1.76 bits per heavy atom. The Labute approximate surface area is 251 Å². The molecule has 4 atom stereocenters. The van der Waals surface area contributed by atoms with E-state index in [4.69, 9.17) is 9.47 Å². The number of morpholine rings is 1. The van der Waals surface area contributed by atoms with Gasteiger partial charge in [-0.25, -0.2) is 4.79 Å². The summed E-state index contributed by atoms with van der Waals surface area (Å²) >= 11 is 0. The van der Waals surface area contributed by atoms with Gasteiger partial charge >= 0.3 is 6.09 Å². The third-order valence-corrected chi connectivity index (χ3v) is 8.91. The first-order valence-corrected chi connectivity index (χ1v) is 15.8. The molecule has 0 aliphatic carbocycles. The number of aryl methyl sites for hydroxylation is 1. The zero-order valence-corrected chi connectivity index (χ0v) is 27.3. The second-order valence-corrected chi connectivity index (χ2v) is 14.3. The van der Waals surface area contributed by atoms with Crippen LogP contribution in [0.25, 0.3) is 0 Å². The van der Waals surface area contributed by atoms with Gasteiger partial charge in [0, 0.05) is 67.0 Å². The molecule has 0 spiro atoms. The van der Waals surface area contributed by atoms with Crippen LogP contribution in [0, 0.1) is 0 Å². The SMILES string of the molecule is CCCCc1cc2c([nH]c1=O)C(C)(C)CN2C(=O)CN1C[C@@H](C)N(C(=O)OC(C)(C)C)C[C@@H]1CN1[C@H](C)COC[C@H]1C. The summed E-state index contributed by atoms with van der Waals surface area (Å²) < 4.78 is 11.5. The number of ether oxygens (including phenoxy) is 2. The summed E-state index contributed by atoms with van der Waals surface area (Å²) in [5, 5.41) is 0. The molecule has 3 aliphatic heterocycles. The average Bonchev–Trinajstić information content (AvgIpc) is 3.14. The fourth-order valence-electron chi connectivity index (χ4n) is 6.57. The Morgan fingerprint density at radius 3 is 2.38 bits per heavy atom. The van der Waals surface area contributed by atoms with E-state index in [-0.39, 0.29) is 53.7 Å². The number of rotatable bonds is 7. The van der Waals surface area contributed by atoms with Crippen molar-refractivity contribution in [3.8, 4) is 0 Å². The van der Waals surface area contributed by atoms with Gasteiger partial charge in [0.05, 0.1) is 25.4 Å². The van der Waals surface area contributed by atoms with E-state index in [1.807, 2.05) is 43.6 Å². The summed E-state index contributed by atoms with van der Waals surface area (Å²) in [5.74, 6) is 0.0151. The summed E-state index contributed by atoms with van der Waals surface area (Å²) in [6.07, 6.45) is 2.32. The second kappa shape index (κ2) is 12.7. The van der Waals surface area contributed by atoms with Gasteiger partial charge in [-0.15, -0.1) is 0 Å². The molecule has 42 heavy (non-hydrogen) atoms.